The molecule has 22 heavy (non-hydrogen) atoms. The van der Waals surface area contributed by atoms with Crippen molar-refractivity contribution in [2.24, 2.45) is 10.7 Å². The molecule has 5 heteroatoms. The molecule has 124 valence electrons. The minimum atomic E-state index is 0. The first-order chi connectivity index (χ1) is 10.3. The molecule has 0 fully saturated rings. The van der Waals surface area contributed by atoms with Crippen molar-refractivity contribution in [1.82, 2.24) is 5.32 Å². The quantitative estimate of drug-likeness (QED) is 0.310. The van der Waals surface area contributed by atoms with E-state index in [0.29, 0.717) is 11.9 Å². The van der Waals surface area contributed by atoms with Crippen molar-refractivity contribution in [3.05, 3.63) is 35.4 Å². The summed E-state index contributed by atoms with van der Waals surface area (Å²) in [4.78, 5) is 4.51. The Balaban J connectivity index is 0.00000242. The second-order valence-corrected chi connectivity index (χ2v) is 5.49. The van der Waals surface area contributed by atoms with Crippen LogP contribution in [0.3, 0.4) is 0 Å². The van der Waals surface area contributed by atoms with Gasteiger partial charge in [-0.3, -0.25) is 4.99 Å². The number of benzene rings is 1. The third-order valence-electron chi connectivity index (χ3n) is 3.95. The third kappa shape index (κ3) is 6.12. The van der Waals surface area contributed by atoms with Gasteiger partial charge in [-0.1, -0.05) is 24.3 Å². The van der Waals surface area contributed by atoms with E-state index < -0.39 is 0 Å². The summed E-state index contributed by atoms with van der Waals surface area (Å²) in [7, 11) is 0. The molecule has 4 nitrogen and oxygen atoms in total. The lowest BCUT2D eigenvalue weighted by molar-refractivity contribution is 0.145. The summed E-state index contributed by atoms with van der Waals surface area (Å²) in [5, 5.41) is 3.15. The predicted octanol–water partition coefficient (Wildman–Crippen LogP) is 3.06. The first-order valence-electron chi connectivity index (χ1n) is 8.00. The van der Waals surface area contributed by atoms with Gasteiger partial charge in [0.2, 0.25) is 0 Å². The van der Waals surface area contributed by atoms with Gasteiger partial charge in [0.25, 0.3) is 0 Å². The molecule has 0 aliphatic heterocycles. The van der Waals surface area contributed by atoms with Crippen molar-refractivity contribution in [2.75, 3.05) is 26.3 Å². The van der Waals surface area contributed by atoms with Crippen molar-refractivity contribution >= 4 is 29.9 Å². The van der Waals surface area contributed by atoms with Gasteiger partial charge in [0.05, 0.1) is 0 Å². The topological polar surface area (TPSA) is 59.6 Å². The van der Waals surface area contributed by atoms with Crippen molar-refractivity contribution < 1.29 is 4.74 Å². The molecule has 0 radical (unpaired) electrons. The monoisotopic (exact) mass is 417 g/mol. The smallest absolute Gasteiger partial charge is 0.188 e. The van der Waals surface area contributed by atoms with Crippen LogP contribution in [0, 0.1) is 0 Å². The molecule has 0 spiro atoms. The van der Waals surface area contributed by atoms with Crippen molar-refractivity contribution in [3.8, 4) is 0 Å². The van der Waals surface area contributed by atoms with E-state index in [4.69, 9.17) is 10.5 Å². The number of aryl methyl sites for hydroxylation is 1. The Morgan fingerprint density at radius 1 is 1.41 bits per heavy atom. The lowest BCUT2D eigenvalue weighted by Crippen LogP contribution is -2.33. The van der Waals surface area contributed by atoms with Crippen LogP contribution in [-0.4, -0.2) is 32.3 Å². The average molecular weight is 417 g/mol. The lowest BCUT2D eigenvalue weighted by Gasteiger charge is -2.24. The predicted molar refractivity (Wildman–Crippen MR) is 103 cm³/mol. The SMILES string of the molecule is CCOCCCNC(N)=NCC1CCCc2ccccc21.I. The van der Waals surface area contributed by atoms with Crippen LogP contribution >= 0.6 is 24.0 Å². The summed E-state index contributed by atoms with van der Waals surface area (Å²) in [6.07, 6.45) is 4.61. The molecule has 3 N–H and O–H groups in total. The Labute approximate surface area is 150 Å². The number of rotatable bonds is 7. The zero-order valence-corrected chi connectivity index (χ0v) is 15.7. The van der Waals surface area contributed by atoms with Crippen molar-refractivity contribution in [2.45, 2.75) is 38.5 Å². The number of halogens is 1. The van der Waals surface area contributed by atoms with E-state index in [-0.39, 0.29) is 24.0 Å². The van der Waals surface area contributed by atoms with Gasteiger partial charge in [0.1, 0.15) is 0 Å². The molecule has 1 unspecified atom stereocenters. The van der Waals surface area contributed by atoms with Crippen molar-refractivity contribution in [1.29, 1.82) is 0 Å². The van der Waals surface area contributed by atoms with Gasteiger partial charge in [-0.25, -0.2) is 0 Å². The molecule has 1 atom stereocenters. The highest BCUT2D eigenvalue weighted by atomic mass is 127. The van der Waals surface area contributed by atoms with Gasteiger partial charge in [0.15, 0.2) is 5.96 Å². The standard InChI is InChI=1S/C17H27N3O.HI/c1-2-21-12-6-11-19-17(18)20-13-15-9-5-8-14-7-3-4-10-16(14)15;/h3-4,7,10,15H,2,5-6,8-9,11-13H2,1H3,(H3,18,19,20);1H. The van der Waals surface area contributed by atoms with Crippen molar-refractivity contribution in [3.63, 3.8) is 0 Å². The summed E-state index contributed by atoms with van der Waals surface area (Å²) in [5.74, 6) is 1.06. The Morgan fingerprint density at radius 2 is 2.23 bits per heavy atom. The molecule has 1 aliphatic rings. The number of nitrogens with two attached hydrogens (primary N) is 1. The summed E-state index contributed by atoms with van der Waals surface area (Å²) >= 11 is 0. The van der Waals surface area contributed by atoms with Crippen LogP contribution in [0.15, 0.2) is 29.3 Å². The molecule has 1 aliphatic carbocycles. The molecule has 0 bridgehead atoms. The van der Waals surface area contributed by atoms with Crippen LogP contribution in [0.2, 0.25) is 0 Å². The molecule has 0 saturated carbocycles. The first-order valence-corrected chi connectivity index (χ1v) is 8.00. The maximum absolute atomic E-state index is 5.92. The highest BCUT2D eigenvalue weighted by Crippen LogP contribution is 2.31. The summed E-state index contributed by atoms with van der Waals surface area (Å²) in [6, 6.07) is 8.72. The number of ether oxygens (including phenoxy) is 1. The number of nitrogens with zero attached hydrogens (tertiary/aromatic N) is 1. The van der Waals surface area contributed by atoms with E-state index in [1.54, 1.807) is 0 Å². The largest absolute Gasteiger partial charge is 0.382 e. The summed E-state index contributed by atoms with van der Waals surface area (Å²) < 4.78 is 5.29. The van der Waals surface area contributed by atoms with E-state index in [0.717, 1.165) is 32.7 Å². The Kier molecular flexibility index (Phi) is 9.47. The number of fused-ring (bicyclic) bond motifs is 1. The fourth-order valence-electron chi connectivity index (χ4n) is 2.84. The number of hydrogen-bond acceptors (Lipinski definition) is 2. The minimum Gasteiger partial charge on any atom is -0.382 e. The zero-order chi connectivity index (χ0) is 14.9. The molecule has 1 aromatic carbocycles. The Bertz CT molecular complexity index is 465. The highest BCUT2D eigenvalue weighted by molar-refractivity contribution is 14.0. The number of hydrogen-bond donors (Lipinski definition) is 2. The third-order valence-corrected chi connectivity index (χ3v) is 3.95. The van der Waals surface area contributed by atoms with Crippen LogP contribution < -0.4 is 11.1 Å². The average Bonchev–Trinajstić information content (AvgIpc) is 2.52. The second kappa shape index (κ2) is 10.8. The first kappa shape index (κ1) is 19.2. The van der Waals surface area contributed by atoms with Gasteiger partial charge < -0.3 is 15.8 Å². The maximum atomic E-state index is 5.92. The van der Waals surface area contributed by atoms with Crippen LogP contribution in [0.5, 0.6) is 0 Å². The van der Waals surface area contributed by atoms with E-state index >= 15 is 0 Å². The van der Waals surface area contributed by atoms with E-state index in [2.05, 4.69) is 34.6 Å². The molecular weight excluding hydrogens is 389 g/mol. The summed E-state index contributed by atoms with van der Waals surface area (Å²) in [5.41, 5.74) is 8.86. The Morgan fingerprint density at radius 3 is 3.05 bits per heavy atom. The number of aliphatic imine (C=N–C) groups is 1. The van der Waals surface area contributed by atoms with E-state index in [1.165, 1.54) is 30.4 Å². The Hall–Kier alpha value is -0.820. The van der Waals surface area contributed by atoms with E-state index in [1.807, 2.05) is 6.92 Å². The molecule has 0 heterocycles. The molecule has 0 aromatic heterocycles. The number of guanidine groups is 1. The van der Waals surface area contributed by atoms with Gasteiger partial charge in [-0.15, -0.1) is 24.0 Å². The fourth-order valence-corrected chi connectivity index (χ4v) is 2.84. The highest BCUT2D eigenvalue weighted by Gasteiger charge is 2.19. The fraction of sp³-hybridized carbons (Fsp3) is 0.588. The van der Waals surface area contributed by atoms with Crippen LogP contribution in [0.25, 0.3) is 0 Å². The normalized spacial score (nSPS) is 17.5. The van der Waals surface area contributed by atoms with Gasteiger partial charge in [0, 0.05) is 32.2 Å². The maximum Gasteiger partial charge on any atom is 0.188 e. The minimum absolute atomic E-state index is 0. The molecule has 0 saturated heterocycles. The van der Waals surface area contributed by atoms with Gasteiger partial charge in [-0.05, 0) is 43.7 Å². The molecular formula is C17H28IN3O. The van der Waals surface area contributed by atoms with Crippen LogP contribution in [0.4, 0.5) is 0 Å². The summed E-state index contributed by atoms with van der Waals surface area (Å²) in [6.45, 7) is 5.14. The molecule has 2 rings (SSSR count). The van der Waals surface area contributed by atoms with E-state index in [9.17, 15) is 0 Å². The van der Waals surface area contributed by atoms with Gasteiger partial charge in [-0.2, -0.15) is 0 Å². The molecule has 1 aromatic rings. The second-order valence-electron chi connectivity index (χ2n) is 5.49. The lowest BCUT2D eigenvalue weighted by atomic mass is 9.83. The van der Waals surface area contributed by atoms with Crippen LogP contribution in [-0.2, 0) is 11.2 Å². The number of nitrogens with one attached hydrogen (secondary N) is 1. The van der Waals surface area contributed by atoms with Gasteiger partial charge >= 0.3 is 0 Å². The zero-order valence-electron chi connectivity index (χ0n) is 13.4. The van der Waals surface area contributed by atoms with Crippen LogP contribution in [0.1, 0.15) is 43.2 Å². The molecule has 0 amide bonds.